The molecule has 322 valence electrons. The van der Waals surface area contributed by atoms with Crippen molar-refractivity contribution < 1.29 is 26.3 Å². The van der Waals surface area contributed by atoms with Crippen LogP contribution in [0.5, 0.6) is 11.5 Å². The van der Waals surface area contributed by atoms with Gasteiger partial charge in [0.1, 0.15) is 21.3 Å². The second-order valence-corrected chi connectivity index (χ2v) is 21.6. The topological polar surface area (TPSA) is 125 Å². The van der Waals surface area contributed by atoms with E-state index in [1.807, 2.05) is 0 Å². The van der Waals surface area contributed by atoms with E-state index >= 15 is 0 Å². The summed E-state index contributed by atoms with van der Waals surface area (Å²) in [5.41, 5.74) is 6.61. The van der Waals surface area contributed by atoms with Crippen LogP contribution in [0.25, 0.3) is 22.5 Å². The molecule has 8 rings (SSSR count). The monoisotopic (exact) mass is 1030 g/mol. The first-order chi connectivity index (χ1) is 29.3. The molecule has 2 aliphatic heterocycles. The van der Waals surface area contributed by atoms with Crippen LogP contribution in [0, 0.1) is 6.92 Å². The van der Waals surface area contributed by atoms with Crippen molar-refractivity contribution in [3.63, 3.8) is 0 Å². The summed E-state index contributed by atoms with van der Waals surface area (Å²) in [4.78, 5) is 14.2. The van der Waals surface area contributed by atoms with Crippen LogP contribution in [0.15, 0.2) is 114 Å². The highest BCUT2D eigenvalue weighted by Gasteiger charge is 2.33. The predicted octanol–water partition coefficient (Wildman–Crippen LogP) is 9.06. The molecule has 0 unspecified atom stereocenters. The number of hydrogen-bond donors (Lipinski definition) is 0. The summed E-state index contributed by atoms with van der Waals surface area (Å²) in [7, 11) is -4.32. The van der Waals surface area contributed by atoms with Crippen molar-refractivity contribution in [2.75, 3.05) is 76.4 Å². The first-order valence-electron chi connectivity index (χ1n) is 19.6. The van der Waals surface area contributed by atoms with Gasteiger partial charge in [0.05, 0.1) is 25.6 Å². The lowest BCUT2D eigenvalue weighted by Gasteiger charge is -2.34. The fourth-order valence-corrected chi connectivity index (χ4v) is 13.0. The third-order valence-electron chi connectivity index (χ3n) is 10.5. The van der Waals surface area contributed by atoms with Crippen molar-refractivity contribution in [3.8, 4) is 34.0 Å². The summed E-state index contributed by atoms with van der Waals surface area (Å²) >= 11 is 9.90. The zero-order valence-electron chi connectivity index (χ0n) is 34.1. The zero-order valence-corrected chi connectivity index (χ0v) is 40.6. The SMILES string of the molecule is CCc1ccc(-c2csc(N3CCN(S(=O)(=O)c4cc(Br)ccc4OC)CC3)n2)cc1.COc1ccc(Br)cc1S(=O)(=O)N1CCN(c2nc(-c3ccc(C)cc3)cs2)CC1. The summed E-state index contributed by atoms with van der Waals surface area (Å²) in [5.74, 6) is 0.701. The lowest BCUT2D eigenvalue weighted by molar-refractivity contribution is 0.373. The minimum atomic E-state index is -3.64. The Morgan fingerprint density at radius 2 is 0.984 bits per heavy atom. The van der Waals surface area contributed by atoms with E-state index in [0.717, 1.165) is 39.2 Å². The molecule has 18 heteroatoms. The molecule has 0 radical (unpaired) electrons. The van der Waals surface area contributed by atoms with E-state index in [0.29, 0.717) is 72.8 Å². The van der Waals surface area contributed by atoms with Gasteiger partial charge in [-0.3, -0.25) is 0 Å². The minimum Gasteiger partial charge on any atom is -0.495 e. The van der Waals surface area contributed by atoms with Crippen molar-refractivity contribution >= 4 is 84.8 Å². The minimum absolute atomic E-state index is 0.184. The molecule has 0 atom stereocenters. The maximum Gasteiger partial charge on any atom is 0.246 e. The highest BCUT2D eigenvalue weighted by atomic mass is 79.9. The average molecular weight is 1030 g/mol. The lowest BCUT2D eigenvalue weighted by Crippen LogP contribution is -2.48. The van der Waals surface area contributed by atoms with Crippen LogP contribution >= 0.6 is 54.5 Å². The van der Waals surface area contributed by atoms with Gasteiger partial charge < -0.3 is 19.3 Å². The third-order valence-corrected chi connectivity index (χ3v) is 17.1. The highest BCUT2D eigenvalue weighted by molar-refractivity contribution is 9.10. The van der Waals surface area contributed by atoms with Gasteiger partial charge in [-0.05, 0) is 55.3 Å². The number of aromatic nitrogens is 2. The fourth-order valence-electron chi connectivity index (χ4n) is 6.94. The number of thiazole rings is 2. The number of hydrogen-bond acceptors (Lipinski definition) is 12. The number of ether oxygens (including phenoxy) is 2. The van der Waals surface area contributed by atoms with Gasteiger partial charge in [-0.1, -0.05) is 92.9 Å². The summed E-state index contributed by atoms with van der Waals surface area (Å²) < 4.78 is 67.7. The van der Waals surface area contributed by atoms with Crippen LogP contribution < -0.4 is 19.3 Å². The Hall–Kier alpha value is -3.88. The summed E-state index contributed by atoms with van der Waals surface area (Å²) in [5, 5.41) is 5.95. The molecular weight excluding hydrogens is 985 g/mol. The van der Waals surface area contributed by atoms with Crippen LogP contribution in [0.4, 0.5) is 10.3 Å². The molecule has 0 amide bonds. The van der Waals surface area contributed by atoms with Gasteiger partial charge in [-0.25, -0.2) is 26.8 Å². The molecule has 2 saturated heterocycles. The Labute approximate surface area is 383 Å². The van der Waals surface area contributed by atoms with E-state index in [1.54, 1.807) is 59.1 Å². The molecule has 2 aromatic heterocycles. The normalized spacial score (nSPS) is 15.3. The van der Waals surface area contributed by atoms with Gasteiger partial charge >= 0.3 is 0 Å². The van der Waals surface area contributed by atoms with Gasteiger partial charge in [0.2, 0.25) is 20.0 Å². The van der Waals surface area contributed by atoms with Gasteiger partial charge in [-0.2, -0.15) is 8.61 Å². The van der Waals surface area contributed by atoms with E-state index in [4.69, 9.17) is 19.4 Å². The van der Waals surface area contributed by atoms with Crippen LogP contribution in [0.2, 0.25) is 0 Å². The molecule has 0 N–H and O–H groups in total. The molecule has 61 heavy (non-hydrogen) atoms. The largest absolute Gasteiger partial charge is 0.495 e. The zero-order chi connectivity index (χ0) is 43.3. The van der Waals surface area contributed by atoms with Crippen LogP contribution in [0.1, 0.15) is 18.1 Å². The Morgan fingerprint density at radius 3 is 1.36 bits per heavy atom. The van der Waals surface area contributed by atoms with Gasteiger partial charge in [0, 0.05) is 83.2 Å². The number of nitrogens with zero attached hydrogens (tertiary/aromatic N) is 6. The van der Waals surface area contributed by atoms with Crippen molar-refractivity contribution in [2.45, 2.75) is 30.1 Å². The second kappa shape index (κ2) is 19.7. The number of piperazine rings is 2. The highest BCUT2D eigenvalue weighted by Crippen LogP contribution is 2.34. The molecule has 0 bridgehead atoms. The molecule has 6 aromatic rings. The summed E-state index contributed by atoms with van der Waals surface area (Å²) in [6.07, 6.45) is 1.02. The molecule has 2 aliphatic rings. The van der Waals surface area contributed by atoms with Crippen LogP contribution in [-0.4, -0.2) is 102 Å². The Morgan fingerprint density at radius 1 is 0.590 bits per heavy atom. The number of benzene rings is 4. The lowest BCUT2D eigenvalue weighted by atomic mass is 10.1. The van der Waals surface area contributed by atoms with Crippen LogP contribution in [0.3, 0.4) is 0 Å². The Balaban J connectivity index is 0.000000184. The maximum atomic E-state index is 13.2. The van der Waals surface area contributed by atoms with Gasteiger partial charge in [0.15, 0.2) is 10.3 Å². The molecule has 0 spiro atoms. The number of sulfonamides is 2. The predicted molar refractivity (Wildman–Crippen MR) is 253 cm³/mol. The van der Waals surface area contributed by atoms with E-state index in [2.05, 4.69) is 115 Å². The molecule has 12 nitrogen and oxygen atoms in total. The maximum absolute atomic E-state index is 13.2. The van der Waals surface area contributed by atoms with Crippen molar-refractivity contribution in [3.05, 3.63) is 116 Å². The van der Waals surface area contributed by atoms with E-state index in [1.165, 1.54) is 34.0 Å². The first kappa shape index (κ1) is 45.2. The third kappa shape index (κ3) is 10.3. The van der Waals surface area contributed by atoms with Gasteiger partial charge in [0.25, 0.3) is 0 Å². The van der Waals surface area contributed by atoms with E-state index in [9.17, 15) is 16.8 Å². The second-order valence-electron chi connectivity index (χ2n) is 14.3. The van der Waals surface area contributed by atoms with E-state index in [-0.39, 0.29) is 9.79 Å². The fraction of sp³-hybridized carbons (Fsp3) is 0.302. The number of methoxy groups -OCH3 is 2. The van der Waals surface area contributed by atoms with Crippen molar-refractivity contribution in [1.29, 1.82) is 0 Å². The Bertz CT molecular complexity index is 2660. The first-order valence-corrected chi connectivity index (χ1v) is 25.8. The summed E-state index contributed by atoms with van der Waals surface area (Å²) in [6.45, 7) is 8.18. The van der Waals surface area contributed by atoms with E-state index < -0.39 is 20.0 Å². The Kier molecular flexibility index (Phi) is 14.6. The summed E-state index contributed by atoms with van der Waals surface area (Å²) in [6, 6.07) is 26.8. The molecule has 4 aromatic carbocycles. The molecule has 4 heterocycles. The van der Waals surface area contributed by atoms with Gasteiger partial charge in [-0.15, -0.1) is 22.7 Å². The molecular formula is C43H46Br2N6O6S4. The number of aryl methyl sites for hydroxylation is 2. The standard InChI is InChI=1S/C22H24BrN3O3S2.C21H22BrN3O3S2/c1-3-16-4-6-17(7-5-16)19-15-30-22(24-19)25-10-12-26(13-11-25)31(27,28)21-14-18(23)8-9-20(21)29-2;1-15-3-5-16(6-4-15)18-14-29-21(23-18)24-9-11-25(12-10-24)30(26,27)20-13-17(22)7-8-19(20)28-2/h4-9,14-15H,3,10-13H2,1-2H3;3-8,13-14H,9-12H2,1-2H3. The molecule has 2 fully saturated rings. The molecule has 0 aliphatic carbocycles. The average Bonchev–Trinajstić information content (AvgIpc) is 3.99. The molecule has 0 saturated carbocycles. The van der Waals surface area contributed by atoms with Crippen molar-refractivity contribution in [1.82, 2.24) is 18.6 Å². The van der Waals surface area contributed by atoms with Crippen molar-refractivity contribution in [2.24, 2.45) is 0 Å². The number of halogens is 2. The number of anilines is 2. The van der Waals surface area contributed by atoms with Crippen LogP contribution in [-0.2, 0) is 26.5 Å². The number of rotatable bonds is 11. The quantitative estimate of drug-likeness (QED) is 0.124. The smallest absolute Gasteiger partial charge is 0.246 e.